The predicted octanol–water partition coefficient (Wildman–Crippen LogP) is 17.4. The van der Waals surface area contributed by atoms with Crippen LogP contribution in [0.4, 0.5) is 34.1 Å². The summed E-state index contributed by atoms with van der Waals surface area (Å²) in [6.45, 7) is 39.6. The van der Waals surface area contributed by atoms with Crippen molar-refractivity contribution in [2.75, 3.05) is 9.80 Å². The van der Waals surface area contributed by atoms with Gasteiger partial charge in [0.2, 0.25) is 0 Å². The zero-order chi connectivity index (χ0) is 51.7. The van der Waals surface area contributed by atoms with Gasteiger partial charge in [-0.1, -0.05) is 189 Å². The van der Waals surface area contributed by atoms with Crippen LogP contribution >= 0.6 is 0 Å². The fraction of sp³-hybridized carbons (Fsp3) is 0.400. The molecule has 0 unspecified atom stereocenters. The molecule has 0 aromatic heterocycles. The second kappa shape index (κ2) is 15.6. The molecule has 0 spiro atoms. The van der Waals surface area contributed by atoms with Gasteiger partial charge in [0.1, 0.15) is 0 Å². The molecule has 7 aromatic rings. The number of hydrogen-bond donors (Lipinski definition) is 0. The first-order valence-electron chi connectivity index (χ1n) is 27.8. The number of rotatable bonds is 4. The van der Waals surface area contributed by atoms with Crippen molar-refractivity contribution in [2.24, 2.45) is 0 Å². The second-order valence-electron chi connectivity index (χ2n) is 28.3. The van der Waals surface area contributed by atoms with Crippen molar-refractivity contribution >= 4 is 57.2 Å². The topological polar surface area (TPSA) is 6.48 Å². The smallest absolute Gasteiger partial charge is 0.252 e. The highest BCUT2D eigenvalue weighted by Crippen LogP contribution is 2.57. The zero-order valence-electron chi connectivity index (χ0n) is 47.1. The van der Waals surface area contributed by atoms with Gasteiger partial charge >= 0.3 is 0 Å². The molecule has 3 heteroatoms. The lowest BCUT2D eigenvalue weighted by molar-refractivity contribution is 0.331. The monoisotopic (exact) mass is 959 g/mol. The minimum Gasteiger partial charge on any atom is -0.311 e. The molecule has 2 heterocycles. The quantitative estimate of drug-likeness (QED) is 0.162. The van der Waals surface area contributed by atoms with E-state index in [0.29, 0.717) is 0 Å². The lowest BCUT2D eigenvalue weighted by Crippen LogP contribution is -2.62. The van der Waals surface area contributed by atoms with E-state index in [9.17, 15) is 0 Å². The second-order valence-corrected chi connectivity index (χ2v) is 28.3. The molecule has 2 nitrogen and oxygen atoms in total. The van der Waals surface area contributed by atoms with E-state index in [-0.39, 0.29) is 44.6 Å². The largest absolute Gasteiger partial charge is 0.311 e. The summed E-state index contributed by atoms with van der Waals surface area (Å²) in [5.41, 5.74) is 28.9. The normalized spacial score (nSPS) is 19.8. The number of benzene rings is 7. The van der Waals surface area contributed by atoms with Gasteiger partial charge in [0.25, 0.3) is 6.71 Å². The van der Waals surface area contributed by atoms with Gasteiger partial charge in [0.15, 0.2) is 0 Å². The Hall–Kier alpha value is -5.80. The van der Waals surface area contributed by atoms with Gasteiger partial charge in [-0.3, -0.25) is 0 Å². The van der Waals surface area contributed by atoms with Crippen molar-refractivity contribution in [1.29, 1.82) is 0 Å². The van der Waals surface area contributed by atoms with Crippen LogP contribution in [-0.4, -0.2) is 6.71 Å². The molecular formula is C70H79BN2. The van der Waals surface area contributed by atoms with Gasteiger partial charge in [-0.15, -0.1) is 0 Å². The lowest BCUT2D eigenvalue weighted by atomic mass is 9.32. The lowest BCUT2D eigenvalue weighted by Gasteiger charge is -2.49. The Bertz CT molecular complexity index is 3430. The highest BCUT2D eigenvalue weighted by molar-refractivity contribution is 7.00. The molecule has 0 bridgehead atoms. The standard InChI is InChI=1S/C70H79BN2/c1-43-33-49-52(67(9,10)31-29-65(49,5)6)39-58(43)73-60-40-53-50(66(7,8)30-32-68(53,11)12)37-55(60)71-56-38-51-54(70(15,16)42-69(51,13)14)41-59(56)72(61-35-47(64(2,3)4)36-62(73)63(61)71)57-28-27-46(44-23-19-17-20-24-44)34-48(57)45-25-21-18-22-26-45/h17-28,33-41H,29-32,42H2,1-16H3. The molecule has 0 N–H and O–H groups in total. The van der Waals surface area contributed by atoms with E-state index in [4.69, 9.17) is 0 Å². The maximum atomic E-state index is 2.78. The number of aryl methyl sites for hydroxylation is 1. The SMILES string of the molecule is Cc1cc2c(cc1N1c3cc4c(cc3B3c5cc6c(cc5N(c5ccc(-c7ccccc7)cc5-c5ccccc5)c5cc(C(C)(C)C)cc1c53)C(C)(C)CC6(C)C)C(C)(C)CCC4(C)C)C(C)(C)CCC2(C)C. The summed E-state index contributed by atoms with van der Waals surface area (Å²) in [6.07, 6.45) is 5.83. The van der Waals surface area contributed by atoms with Crippen LogP contribution in [0.1, 0.15) is 180 Å². The summed E-state index contributed by atoms with van der Waals surface area (Å²) in [7, 11) is 0. The molecule has 12 rings (SSSR count). The Kier molecular flexibility index (Phi) is 10.3. The van der Waals surface area contributed by atoms with Crippen molar-refractivity contribution in [3.8, 4) is 22.3 Å². The summed E-state index contributed by atoms with van der Waals surface area (Å²) < 4.78 is 0. The Morgan fingerprint density at radius 2 is 0.795 bits per heavy atom. The van der Waals surface area contributed by atoms with E-state index in [1.807, 2.05) is 0 Å². The molecule has 0 saturated carbocycles. The summed E-state index contributed by atoms with van der Waals surface area (Å²) in [4.78, 5) is 5.52. The highest BCUT2D eigenvalue weighted by Gasteiger charge is 2.51. The van der Waals surface area contributed by atoms with Gasteiger partial charge in [-0.2, -0.15) is 0 Å². The van der Waals surface area contributed by atoms with E-state index in [2.05, 4.69) is 248 Å². The first kappa shape index (κ1) is 48.2. The zero-order valence-corrected chi connectivity index (χ0v) is 47.1. The molecule has 5 aliphatic rings. The Morgan fingerprint density at radius 3 is 1.29 bits per heavy atom. The number of fused-ring (bicyclic) bond motifs is 7. The summed E-state index contributed by atoms with van der Waals surface area (Å²) >= 11 is 0. The molecule has 0 amide bonds. The number of nitrogens with zero attached hydrogens (tertiary/aromatic N) is 2. The first-order chi connectivity index (χ1) is 34.2. The first-order valence-corrected chi connectivity index (χ1v) is 27.8. The van der Waals surface area contributed by atoms with E-state index < -0.39 is 0 Å². The van der Waals surface area contributed by atoms with Gasteiger partial charge < -0.3 is 9.80 Å². The highest BCUT2D eigenvalue weighted by atomic mass is 15.2. The van der Waals surface area contributed by atoms with E-state index in [1.54, 1.807) is 0 Å². The average molecular weight is 959 g/mol. The molecule has 73 heavy (non-hydrogen) atoms. The number of hydrogen-bond acceptors (Lipinski definition) is 2. The van der Waals surface area contributed by atoms with E-state index >= 15 is 0 Å². The fourth-order valence-electron chi connectivity index (χ4n) is 14.8. The maximum Gasteiger partial charge on any atom is 0.252 e. The fourth-order valence-corrected chi connectivity index (χ4v) is 14.8. The van der Waals surface area contributed by atoms with Gasteiger partial charge in [0, 0.05) is 34.0 Å². The van der Waals surface area contributed by atoms with Crippen molar-refractivity contribution in [1.82, 2.24) is 0 Å². The molecule has 372 valence electrons. The predicted molar refractivity (Wildman–Crippen MR) is 316 cm³/mol. The minimum absolute atomic E-state index is 0.0138. The Labute approximate surface area is 439 Å². The third kappa shape index (κ3) is 7.31. The van der Waals surface area contributed by atoms with Crippen LogP contribution in [0.15, 0.2) is 127 Å². The average Bonchev–Trinajstić information content (AvgIpc) is 3.52. The summed E-state index contributed by atoms with van der Waals surface area (Å²) in [5, 5.41) is 0. The van der Waals surface area contributed by atoms with Crippen molar-refractivity contribution < 1.29 is 0 Å². The molecule has 3 aliphatic carbocycles. The Balaban J connectivity index is 1.25. The number of anilines is 6. The van der Waals surface area contributed by atoms with Crippen LogP contribution in [0.2, 0.25) is 0 Å². The van der Waals surface area contributed by atoms with Gasteiger partial charge in [-0.05, 0) is 197 Å². The van der Waals surface area contributed by atoms with Crippen molar-refractivity contribution in [2.45, 2.75) is 181 Å². The molecule has 2 aliphatic heterocycles. The maximum absolute atomic E-state index is 2.78. The molecular weight excluding hydrogens is 880 g/mol. The molecule has 0 atom stereocenters. The molecule has 0 saturated heterocycles. The molecule has 0 fully saturated rings. The Morgan fingerprint density at radius 1 is 0.384 bits per heavy atom. The molecule has 7 aromatic carbocycles. The van der Waals surface area contributed by atoms with E-state index in [1.165, 1.54) is 143 Å². The van der Waals surface area contributed by atoms with E-state index in [0.717, 1.165) is 6.42 Å². The summed E-state index contributed by atoms with van der Waals surface area (Å²) in [5.74, 6) is 0. The van der Waals surface area contributed by atoms with Crippen LogP contribution in [-0.2, 0) is 37.9 Å². The minimum atomic E-state index is -0.138. The third-order valence-electron chi connectivity index (χ3n) is 19.2. The van der Waals surface area contributed by atoms with Gasteiger partial charge in [0.05, 0.1) is 5.69 Å². The molecule has 0 radical (unpaired) electrons. The van der Waals surface area contributed by atoms with Gasteiger partial charge in [-0.25, -0.2) is 0 Å². The van der Waals surface area contributed by atoms with Crippen LogP contribution < -0.4 is 26.2 Å². The van der Waals surface area contributed by atoms with Crippen LogP contribution in [0, 0.1) is 6.92 Å². The summed E-state index contributed by atoms with van der Waals surface area (Å²) in [6, 6.07) is 50.7. The van der Waals surface area contributed by atoms with Crippen molar-refractivity contribution in [3.05, 3.63) is 172 Å². The van der Waals surface area contributed by atoms with Crippen LogP contribution in [0.5, 0.6) is 0 Å². The van der Waals surface area contributed by atoms with Crippen molar-refractivity contribution in [3.63, 3.8) is 0 Å². The van der Waals surface area contributed by atoms with Crippen LogP contribution in [0.3, 0.4) is 0 Å². The van der Waals surface area contributed by atoms with Crippen LogP contribution in [0.25, 0.3) is 22.3 Å². The third-order valence-corrected chi connectivity index (χ3v) is 19.2.